The fourth-order valence-electron chi connectivity index (χ4n) is 2.55. The zero-order valence-electron chi connectivity index (χ0n) is 19.5. The van der Waals surface area contributed by atoms with Crippen molar-refractivity contribution in [3.05, 3.63) is 12.7 Å². The van der Waals surface area contributed by atoms with E-state index in [2.05, 4.69) is 13.5 Å². The lowest BCUT2D eigenvalue weighted by atomic mass is 10.1. The van der Waals surface area contributed by atoms with Gasteiger partial charge in [0.25, 0.3) is 0 Å². The molecule has 0 aliphatic heterocycles. The fourth-order valence-corrected chi connectivity index (χ4v) is 2.55. The molecule has 186 valence electrons. The van der Waals surface area contributed by atoms with Crippen LogP contribution in [0.4, 0.5) is 0 Å². The minimum absolute atomic E-state index is 0.0279. The van der Waals surface area contributed by atoms with Gasteiger partial charge in [0.2, 0.25) is 0 Å². The summed E-state index contributed by atoms with van der Waals surface area (Å²) in [6.45, 7) is 8.13. The molecule has 1 unspecified atom stereocenters. The molecule has 0 rings (SSSR count). The Hall–Kier alpha value is -1.03. The summed E-state index contributed by atoms with van der Waals surface area (Å²) in [6.07, 6.45) is 12.8. The van der Waals surface area contributed by atoms with Crippen molar-refractivity contribution in [1.29, 1.82) is 0 Å². The maximum Gasteiger partial charge on any atom is 0.327 e. The highest BCUT2D eigenvalue weighted by atomic mass is 16.6. The smallest absolute Gasteiger partial charge is 0.327 e. The Morgan fingerprint density at radius 1 is 0.806 bits per heavy atom. The normalized spacial score (nSPS) is 11.6. The second kappa shape index (κ2) is 29.0. The standard InChI is InChI=1S/C20H42O6.C3H4O2/c1-2-3-4-5-6-7-8-9-10-11-13-26-20(22)19-25-18-17-24-16-15-23-14-12-21;1-2-3(4)5/h20-22H,2-19H2,1H3;2H,1H2,(H,4,5). The minimum atomic E-state index is -0.981. The fraction of sp³-hybridized carbons (Fsp3) is 0.870. The van der Waals surface area contributed by atoms with Gasteiger partial charge in [0.1, 0.15) is 0 Å². The third kappa shape index (κ3) is 33.8. The summed E-state index contributed by atoms with van der Waals surface area (Å²) in [4.78, 5) is 9.25. The van der Waals surface area contributed by atoms with Gasteiger partial charge in [0, 0.05) is 12.7 Å². The summed E-state index contributed by atoms with van der Waals surface area (Å²) in [5, 5.41) is 25.8. The van der Waals surface area contributed by atoms with Crippen molar-refractivity contribution in [2.45, 2.75) is 77.4 Å². The molecule has 0 fully saturated rings. The van der Waals surface area contributed by atoms with Gasteiger partial charge >= 0.3 is 5.97 Å². The largest absolute Gasteiger partial charge is 0.478 e. The van der Waals surface area contributed by atoms with Crippen molar-refractivity contribution >= 4 is 5.97 Å². The van der Waals surface area contributed by atoms with E-state index >= 15 is 0 Å². The van der Waals surface area contributed by atoms with Gasteiger partial charge in [-0.15, -0.1) is 0 Å². The van der Waals surface area contributed by atoms with Crippen molar-refractivity contribution in [2.24, 2.45) is 0 Å². The molecule has 8 nitrogen and oxygen atoms in total. The van der Waals surface area contributed by atoms with Gasteiger partial charge in [-0.25, -0.2) is 4.79 Å². The highest BCUT2D eigenvalue weighted by molar-refractivity contribution is 5.78. The zero-order valence-corrected chi connectivity index (χ0v) is 19.5. The number of carboxylic acids is 1. The molecule has 0 bridgehead atoms. The van der Waals surface area contributed by atoms with Crippen molar-refractivity contribution < 1.29 is 39.1 Å². The number of hydrogen-bond acceptors (Lipinski definition) is 7. The summed E-state index contributed by atoms with van der Waals surface area (Å²) in [5.41, 5.74) is 0. The Balaban J connectivity index is 0. The zero-order chi connectivity index (χ0) is 23.4. The maximum atomic E-state index is 9.66. The maximum absolute atomic E-state index is 9.66. The van der Waals surface area contributed by atoms with Crippen LogP contribution in [-0.2, 0) is 23.7 Å². The van der Waals surface area contributed by atoms with Crippen LogP contribution in [0.3, 0.4) is 0 Å². The predicted molar refractivity (Wildman–Crippen MR) is 121 cm³/mol. The first kappa shape index (κ1) is 32.2. The van der Waals surface area contributed by atoms with E-state index in [9.17, 15) is 9.90 Å². The van der Waals surface area contributed by atoms with Crippen molar-refractivity contribution in [3.63, 3.8) is 0 Å². The number of ether oxygens (including phenoxy) is 4. The van der Waals surface area contributed by atoms with E-state index < -0.39 is 12.3 Å². The third-order valence-corrected chi connectivity index (χ3v) is 4.22. The first-order valence-corrected chi connectivity index (χ1v) is 11.6. The van der Waals surface area contributed by atoms with E-state index in [-0.39, 0.29) is 13.2 Å². The molecule has 8 heteroatoms. The molecule has 0 aliphatic rings. The number of carbonyl (C=O) groups is 1. The lowest BCUT2D eigenvalue weighted by Crippen LogP contribution is -2.21. The highest BCUT2D eigenvalue weighted by Crippen LogP contribution is 2.10. The van der Waals surface area contributed by atoms with Crippen molar-refractivity contribution in [2.75, 3.05) is 52.9 Å². The molecular formula is C23H46O8. The molecule has 0 amide bonds. The molecule has 0 aromatic heterocycles. The number of hydrogen-bond donors (Lipinski definition) is 3. The van der Waals surface area contributed by atoms with Gasteiger partial charge in [0.05, 0.1) is 46.2 Å². The predicted octanol–water partition coefficient (Wildman–Crippen LogP) is 3.54. The Bertz CT molecular complexity index is 365. The number of aliphatic hydroxyl groups is 2. The SMILES string of the molecule is C=CC(=O)O.CCCCCCCCCCCCOC(O)COCCOCCOCCO. The van der Waals surface area contributed by atoms with E-state index in [0.29, 0.717) is 39.6 Å². The quantitative estimate of drug-likeness (QED) is 0.123. The van der Waals surface area contributed by atoms with E-state index in [1.807, 2.05) is 0 Å². The average molecular weight is 451 g/mol. The van der Waals surface area contributed by atoms with Crippen LogP contribution in [0.25, 0.3) is 0 Å². The van der Waals surface area contributed by atoms with Crippen LogP contribution in [0.1, 0.15) is 71.1 Å². The first-order chi connectivity index (χ1) is 15.1. The van der Waals surface area contributed by atoms with Gasteiger partial charge in [-0.05, 0) is 6.42 Å². The van der Waals surface area contributed by atoms with Crippen LogP contribution in [0, 0.1) is 0 Å². The van der Waals surface area contributed by atoms with Crippen LogP contribution in [0.5, 0.6) is 0 Å². The van der Waals surface area contributed by atoms with Crippen molar-refractivity contribution in [3.8, 4) is 0 Å². The molecule has 0 aliphatic carbocycles. The average Bonchev–Trinajstić information content (AvgIpc) is 2.76. The van der Waals surface area contributed by atoms with Crippen LogP contribution < -0.4 is 0 Å². The van der Waals surface area contributed by atoms with E-state index in [1.165, 1.54) is 51.4 Å². The number of aliphatic carboxylic acids is 1. The summed E-state index contributed by atoms with van der Waals surface area (Å²) >= 11 is 0. The monoisotopic (exact) mass is 450 g/mol. The third-order valence-electron chi connectivity index (χ3n) is 4.22. The Morgan fingerprint density at radius 3 is 1.74 bits per heavy atom. The molecule has 0 saturated heterocycles. The van der Waals surface area contributed by atoms with Crippen molar-refractivity contribution in [1.82, 2.24) is 0 Å². The molecule has 0 aromatic rings. The summed E-state index contributed by atoms with van der Waals surface area (Å²) in [7, 11) is 0. The molecule has 3 N–H and O–H groups in total. The van der Waals surface area contributed by atoms with E-state index in [1.54, 1.807) is 0 Å². The Morgan fingerprint density at radius 2 is 1.26 bits per heavy atom. The van der Waals surface area contributed by atoms with Gasteiger partial charge < -0.3 is 34.3 Å². The van der Waals surface area contributed by atoms with Gasteiger partial charge in [-0.3, -0.25) is 0 Å². The topological polar surface area (TPSA) is 115 Å². The molecule has 0 heterocycles. The summed E-state index contributed by atoms with van der Waals surface area (Å²) in [6, 6.07) is 0. The van der Waals surface area contributed by atoms with Crippen LogP contribution in [0.15, 0.2) is 12.7 Å². The van der Waals surface area contributed by atoms with E-state index in [4.69, 9.17) is 29.2 Å². The van der Waals surface area contributed by atoms with Gasteiger partial charge in [-0.1, -0.05) is 71.3 Å². The van der Waals surface area contributed by atoms with Gasteiger partial charge in [0.15, 0.2) is 6.29 Å². The molecular weight excluding hydrogens is 404 g/mol. The van der Waals surface area contributed by atoms with Gasteiger partial charge in [-0.2, -0.15) is 0 Å². The first-order valence-electron chi connectivity index (χ1n) is 11.6. The van der Waals surface area contributed by atoms with Crippen LogP contribution in [-0.4, -0.2) is 80.4 Å². The number of carboxylic acid groups (broad SMARTS) is 1. The Labute approximate surface area is 188 Å². The Kier molecular flexibility index (Phi) is 30.0. The van der Waals surface area contributed by atoms with E-state index in [0.717, 1.165) is 18.9 Å². The highest BCUT2D eigenvalue weighted by Gasteiger charge is 2.03. The molecule has 1 atom stereocenters. The molecule has 0 spiro atoms. The lowest BCUT2D eigenvalue weighted by molar-refractivity contribution is -0.141. The summed E-state index contributed by atoms with van der Waals surface area (Å²) in [5.74, 6) is -0.981. The second-order valence-electron chi connectivity index (χ2n) is 7.07. The molecule has 31 heavy (non-hydrogen) atoms. The number of rotatable bonds is 23. The minimum Gasteiger partial charge on any atom is -0.478 e. The second-order valence-corrected chi connectivity index (χ2v) is 7.07. The molecule has 0 radical (unpaired) electrons. The molecule has 0 saturated carbocycles. The summed E-state index contributed by atoms with van der Waals surface area (Å²) < 4.78 is 21.0. The van der Waals surface area contributed by atoms with Crippen LogP contribution in [0.2, 0.25) is 0 Å². The van der Waals surface area contributed by atoms with Crippen LogP contribution >= 0.6 is 0 Å². The lowest BCUT2D eigenvalue weighted by Gasteiger charge is -2.12. The number of aliphatic hydroxyl groups excluding tert-OH is 2. The number of unbranched alkanes of at least 4 members (excludes halogenated alkanes) is 9. The molecule has 0 aromatic carbocycles.